The third kappa shape index (κ3) is 1.75. The number of aryl methyl sites for hydroxylation is 1. The molecule has 0 saturated heterocycles. The maximum atomic E-state index is 14.3. The molecular formula is C12H15FN2O. The van der Waals surface area contributed by atoms with Crippen LogP contribution in [-0.4, -0.2) is 11.0 Å². The van der Waals surface area contributed by atoms with Crippen LogP contribution in [0.25, 0.3) is 0 Å². The fourth-order valence-electron chi connectivity index (χ4n) is 2.10. The molecule has 1 fully saturated rings. The largest absolute Gasteiger partial charge is 0.409 e. The summed E-state index contributed by atoms with van der Waals surface area (Å²) in [5.74, 6) is -0.0170. The lowest BCUT2D eigenvalue weighted by Crippen LogP contribution is -2.44. The number of alkyl halides is 1. The summed E-state index contributed by atoms with van der Waals surface area (Å²) in [5, 5.41) is 11.4. The maximum Gasteiger partial charge on any atom is 0.142 e. The summed E-state index contributed by atoms with van der Waals surface area (Å²) in [4.78, 5) is 0. The number of oxime groups is 1. The van der Waals surface area contributed by atoms with E-state index in [9.17, 15) is 4.39 Å². The molecule has 3 nitrogen and oxygen atoms in total. The molecule has 0 heterocycles. The van der Waals surface area contributed by atoms with E-state index in [1.54, 1.807) is 12.1 Å². The van der Waals surface area contributed by atoms with Crippen molar-refractivity contribution >= 4 is 5.84 Å². The Morgan fingerprint density at radius 1 is 1.44 bits per heavy atom. The highest BCUT2D eigenvalue weighted by molar-refractivity contribution is 5.83. The van der Waals surface area contributed by atoms with Gasteiger partial charge in [0.15, 0.2) is 0 Å². The van der Waals surface area contributed by atoms with E-state index < -0.39 is 5.67 Å². The monoisotopic (exact) mass is 222 g/mol. The van der Waals surface area contributed by atoms with Crippen LogP contribution < -0.4 is 5.73 Å². The molecule has 0 spiro atoms. The number of amidine groups is 1. The van der Waals surface area contributed by atoms with Gasteiger partial charge in [-0.05, 0) is 25.3 Å². The van der Waals surface area contributed by atoms with Gasteiger partial charge in [-0.15, -0.1) is 0 Å². The maximum absolute atomic E-state index is 14.3. The zero-order valence-corrected chi connectivity index (χ0v) is 9.15. The van der Waals surface area contributed by atoms with Gasteiger partial charge in [-0.2, -0.15) is 0 Å². The van der Waals surface area contributed by atoms with Gasteiger partial charge in [-0.1, -0.05) is 35.0 Å². The molecule has 0 bridgehead atoms. The summed E-state index contributed by atoms with van der Waals surface area (Å²) in [6.45, 7) is 1.97. The molecule has 0 amide bonds. The minimum absolute atomic E-state index is 0.125. The van der Waals surface area contributed by atoms with Crippen molar-refractivity contribution < 1.29 is 9.60 Å². The standard InChI is InChI=1S/C12H15FN2O/c1-8-2-4-10(5-3-8)12(13)6-9(7-12)11(14)15-16/h2-5,9,16H,6-7H2,1H3,(H2,14,15). The topological polar surface area (TPSA) is 58.6 Å². The Bertz CT molecular complexity index is 408. The Morgan fingerprint density at radius 3 is 2.50 bits per heavy atom. The third-order valence-electron chi connectivity index (χ3n) is 3.24. The number of benzene rings is 1. The van der Waals surface area contributed by atoms with Crippen LogP contribution in [0.1, 0.15) is 24.0 Å². The smallest absolute Gasteiger partial charge is 0.142 e. The number of hydrogen-bond donors (Lipinski definition) is 2. The number of nitrogens with zero attached hydrogens (tertiary/aromatic N) is 1. The number of rotatable bonds is 2. The molecule has 16 heavy (non-hydrogen) atoms. The average Bonchev–Trinajstić information content (AvgIpc) is 2.25. The molecule has 0 radical (unpaired) electrons. The van der Waals surface area contributed by atoms with Crippen molar-refractivity contribution in [2.75, 3.05) is 0 Å². The minimum atomic E-state index is -1.31. The van der Waals surface area contributed by atoms with Crippen LogP contribution in [0.5, 0.6) is 0 Å². The molecule has 86 valence electrons. The van der Waals surface area contributed by atoms with Crippen molar-refractivity contribution in [3.8, 4) is 0 Å². The van der Waals surface area contributed by atoms with Crippen molar-refractivity contribution in [3.63, 3.8) is 0 Å². The zero-order chi connectivity index (χ0) is 11.8. The third-order valence-corrected chi connectivity index (χ3v) is 3.24. The van der Waals surface area contributed by atoms with Gasteiger partial charge in [0.1, 0.15) is 11.5 Å². The highest BCUT2D eigenvalue weighted by Crippen LogP contribution is 2.49. The number of nitrogens with two attached hydrogens (primary N) is 1. The lowest BCUT2D eigenvalue weighted by atomic mass is 9.68. The van der Waals surface area contributed by atoms with Crippen LogP contribution in [-0.2, 0) is 5.67 Å². The van der Waals surface area contributed by atoms with Crippen LogP contribution in [0.3, 0.4) is 0 Å². The van der Waals surface area contributed by atoms with Crippen LogP contribution >= 0.6 is 0 Å². The first kappa shape index (κ1) is 10.9. The molecule has 1 saturated carbocycles. The summed E-state index contributed by atoms with van der Waals surface area (Å²) in [6.07, 6.45) is 0.595. The van der Waals surface area contributed by atoms with Gasteiger partial charge in [0.05, 0.1) is 0 Å². The molecule has 0 aliphatic heterocycles. The van der Waals surface area contributed by atoms with E-state index in [2.05, 4.69) is 5.16 Å². The van der Waals surface area contributed by atoms with Crippen molar-refractivity contribution in [1.82, 2.24) is 0 Å². The van der Waals surface area contributed by atoms with Crippen LogP contribution in [0, 0.1) is 12.8 Å². The van der Waals surface area contributed by atoms with Gasteiger partial charge in [0, 0.05) is 5.92 Å². The number of halogens is 1. The summed E-state index contributed by atoms with van der Waals surface area (Å²) < 4.78 is 14.3. The second kappa shape index (κ2) is 3.77. The van der Waals surface area contributed by atoms with Gasteiger partial charge in [-0.25, -0.2) is 4.39 Å². The van der Waals surface area contributed by atoms with Crippen LogP contribution in [0.4, 0.5) is 4.39 Å². The fourth-order valence-corrected chi connectivity index (χ4v) is 2.10. The molecule has 1 aromatic carbocycles. The number of hydrogen-bond acceptors (Lipinski definition) is 2. The molecule has 3 N–H and O–H groups in total. The van der Waals surface area contributed by atoms with Crippen molar-refractivity contribution in [1.29, 1.82) is 0 Å². The highest BCUT2D eigenvalue weighted by atomic mass is 19.1. The molecule has 0 atom stereocenters. The van der Waals surface area contributed by atoms with Gasteiger partial charge in [-0.3, -0.25) is 0 Å². The molecule has 1 aliphatic rings. The molecule has 4 heteroatoms. The Kier molecular flexibility index (Phi) is 2.58. The fraction of sp³-hybridized carbons (Fsp3) is 0.417. The van der Waals surface area contributed by atoms with Crippen molar-refractivity contribution in [2.24, 2.45) is 16.8 Å². The first-order valence-electron chi connectivity index (χ1n) is 5.28. The summed E-state index contributed by atoms with van der Waals surface area (Å²) in [7, 11) is 0. The molecule has 2 rings (SSSR count). The average molecular weight is 222 g/mol. The van der Waals surface area contributed by atoms with E-state index >= 15 is 0 Å². The normalized spacial score (nSPS) is 29.9. The van der Waals surface area contributed by atoms with Gasteiger partial charge in [0.25, 0.3) is 0 Å². The summed E-state index contributed by atoms with van der Waals surface area (Å²) in [5.41, 5.74) is 5.91. The highest BCUT2D eigenvalue weighted by Gasteiger charge is 2.47. The summed E-state index contributed by atoms with van der Waals surface area (Å²) in [6, 6.07) is 7.40. The van der Waals surface area contributed by atoms with E-state index in [0.717, 1.165) is 5.56 Å². The Labute approximate surface area is 93.8 Å². The van der Waals surface area contributed by atoms with Crippen molar-refractivity contribution in [3.05, 3.63) is 35.4 Å². The van der Waals surface area contributed by atoms with E-state index in [1.807, 2.05) is 19.1 Å². The minimum Gasteiger partial charge on any atom is -0.409 e. The molecular weight excluding hydrogens is 207 g/mol. The van der Waals surface area contributed by atoms with E-state index in [0.29, 0.717) is 18.4 Å². The Morgan fingerprint density at radius 2 is 2.00 bits per heavy atom. The van der Waals surface area contributed by atoms with Gasteiger partial charge < -0.3 is 10.9 Å². The predicted molar refractivity (Wildman–Crippen MR) is 60.1 cm³/mol. The Hall–Kier alpha value is -1.58. The lowest BCUT2D eigenvalue weighted by Gasteiger charge is -2.41. The second-order valence-electron chi connectivity index (χ2n) is 4.46. The van der Waals surface area contributed by atoms with Crippen LogP contribution in [0.2, 0.25) is 0 Å². The lowest BCUT2D eigenvalue weighted by molar-refractivity contribution is 0.0305. The summed E-state index contributed by atoms with van der Waals surface area (Å²) >= 11 is 0. The zero-order valence-electron chi connectivity index (χ0n) is 9.15. The molecule has 1 aliphatic carbocycles. The van der Waals surface area contributed by atoms with Crippen molar-refractivity contribution in [2.45, 2.75) is 25.4 Å². The predicted octanol–water partition coefficient (Wildman–Crippen LogP) is 2.32. The molecule has 0 aromatic heterocycles. The molecule has 1 aromatic rings. The van der Waals surface area contributed by atoms with E-state index in [1.165, 1.54) is 0 Å². The van der Waals surface area contributed by atoms with Crippen LogP contribution in [0.15, 0.2) is 29.4 Å². The van der Waals surface area contributed by atoms with Gasteiger partial charge in [0.2, 0.25) is 0 Å². The van der Waals surface area contributed by atoms with E-state index in [4.69, 9.17) is 10.9 Å². The second-order valence-corrected chi connectivity index (χ2v) is 4.46. The first-order chi connectivity index (χ1) is 7.55. The SMILES string of the molecule is Cc1ccc(C2(F)CC(/C(N)=N/O)C2)cc1. The first-order valence-corrected chi connectivity index (χ1v) is 5.28. The Balaban J connectivity index is 2.10. The van der Waals surface area contributed by atoms with Gasteiger partial charge >= 0.3 is 0 Å². The van der Waals surface area contributed by atoms with E-state index in [-0.39, 0.29) is 11.8 Å². The quantitative estimate of drug-likeness (QED) is 0.349. The molecule has 0 unspecified atom stereocenters.